The van der Waals surface area contributed by atoms with Gasteiger partial charge in [0.05, 0.1) is 6.04 Å². The number of nitrogens with zero attached hydrogens (tertiary/aromatic N) is 2. The number of rotatable bonds is 10. The van der Waals surface area contributed by atoms with E-state index in [-0.39, 0.29) is 29.6 Å². The average molecular weight is 513 g/mol. The monoisotopic (exact) mass is 512 g/mol. The molecule has 0 spiro atoms. The maximum atomic E-state index is 13.8. The van der Waals surface area contributed by atoms with Crippen LogP contribution in [0.4, 0.5) is 0 Å². The van der Waals surface area contributed by atoms with Crippen molar-refractivity contribution in [2.75, 3.05) is 19.7 Å². The largest absolute Gasteiger partial charge is 0.492 e. The van der Waals surface area contributed by atoms with Crippen molar-refractivity contribution >= 4 is 28.9 Å². The Morgan fingerprint density at radius 2 is 2.00 bits per heavy atom. The van der Waals surface area contributed by atoms with Gasteiger partial charge in [0.15, 0.2) is 0 Å². The van der Waals surface area contributed by atoms with Gasteiger partial charge in [-0.1, -0.05) is 38.3 Å². The van der Waals surface area contributed by atoms with E-state index in [2.05, 4.69) is 10.3 Å². The molecule has 8 nitrogen and oxygen atoms in total. The van der Waals surface area contributed by atoms with Crippen LogP contribution in [0.3, 0.4) is 0 Å². The number of hydrogen-bond donors (Lipinski definition) is 2. The molecule has 1 aromatic carbocycles. The lowest BCUT2D eigenvalue weighted by Gasteiger charge is -2.34. The van der Waals surface area contributed by atoms with Crippen molar-refractivity contribution in [3.8, 4) is 5.75 Å². The number of aromatic nitrogens is 1. The topological polar surface area (TPSA) is 115 Å². The van der Waals surface area contributed by atoms with Gasteiger partial charge < -0.3 is 20.7 Å². The van der Waals surface area contributed by atoms with Gasteiger partial charge in [-0.15, -0.1) is 11.3 Å². The van der Waals surface area contributed by atoms with Crippen molar-refractivity contribution in [1.82, 2.24) is 15.2 Å². The number of benzene rings is 1. The molecule has 1 aliphatic carbocycles. The number of amides is 2. The number of thiazole rings is 1. The van der Waals surface area contributed by atoms with E-state index in [0.717, 1.165) is 43.5 Å². The molecule has 1 aliphatic heterocycles. The van der Waals surface area contributed by atoms with Crippen LogP contribution < -0.4 is 15.8 Å². The molecule has 9 heteroatoms. The van der Waals surface area contributed by atoms with Crippen LogP contribution in [0.5, 0.6) is 5.75 Å². The highest BCUT2D eigenvalue weighted by Gasteiger charge is 2.39. The first-order chi connectivity index (χ1) is 17.5. The lowest BCUT2D eigenvalue weighted by Crippen LogP contribution is -2.52. The zero-order valence-corrected chi connectivity index (χ0v) is 21.7. The Balaban J connectivity index is 1.50. The van der Waals surface area contributed by atoms with Gasteiger partial charge in [0, 0.05) is 30.5 Å². The molecule has 1 saturated carbocycles. The van der Waals surface area contributed by atoms with E-state index < -0.39 is 6.04 Å². The Labute approximate surface area is 216 Å². The second-order valence-electron chi connectivity index (χ2n) is 9.55. The summed E-state index contributed by atoms with van der Waals surface area (Å²) >= 11 is 1.41. The molecule has 2 heterocycles. The molecule has 1 saturated heterocycles. The minimum Gasteiger partial charge on any atom is -0.492 e. The molecule has 4 rings (SSSR count). The van der Waals surface area contributed by atoms with Gasteiger partial charge in [-0.25, -0.2) is 4.98 Å². The molecule has 0 unspecified atom stereocenters. The van der Waals surface area contributed by atoms with Crippen LogP contribution >= 0.6 is 11.3 Å². The van der Waals surface area contributed by atoms with Crippen molar-refractivity contribution in [1.29, 1.82) is 0 Å². The molecule has 36 heavy (non-hydrogen) atoms. The molecule has 2 atom stereocenters. The SMILES string of the molecule is CCC(=O)N[C@H](C(=O)N1CCC[C@@H]1c1nc(C(=O)c2cccc(OCCN)c2)cs1)C1CCCCC1. The van der Waals surface area contributed by atoms with Crippen molar-refractivity contribution in [3.63, 3.8) is 0 Å². The molecule has 2 amide bonds. The van der Waals surface area contributed by atoms with Crippen molar-refractivity contribution in [3.05, 3.63) is 45.9 Å². The maximum Gasteiger partial charge on any atom is 0.246 e. The van der Waals surface area contributed by atoms with Crippen molar-refractivity contribution in [2.24, 2.45) is 11.7 Å². The van der Waals surface area contributed by atoms with Crippen LogP contribution in [0.1, 0.15) is 85.4 Å². The van der Waals surface area contributed by atoms with E-state index in [0.29, 0.717) is 43.1 Å². The Morgan fingerprint density at radius 1 is 1.19 bits per heavy atom. The van der Waals surface area contributed by atoms with Crippen molar-refractivity contribution < 1.29 is 19.1 Å². The Hall–Kier alpha value is -2.78. The van der Waals surface area contributed by atoms with E-state index in [9.17, 15) is 14.4 Å². The summed E-state index contributed by atoms with van der Waals surface area (Å²) in [6.45, 7) is 3.22. The minimum absolute atomic E-state index is 0.0148. The van der Waals surface area contributed by atoms with Gasteiger partial charge in [0.25, 0.3) is 0 Å². The Kier molecular flexibility index (Phi) is 9.09. The first-order valence-corrected chi connectivity index (χ1v) is 13.9. The van der Waals surface area contributed by atoms with E-state index in [4.69, 9.17) is 10.5 Å². The van der Waals surface area contributed by atoms with E-state index in [1.165, 1.54) is 17.8 Å². The van der Waals surface area contributed by atoms with Gasteiger partial charge >= 0.3 is 0 Å². The summed E-state index contributed by atoms with van der Waals surface area (Å²) in [5.41, 5.74) is 6.37. The Bertz CT molecular complexity index is 1070. The fourth-order valence-electron chi connectivity index (χ4n) is 5.19. The maximum absolute atomic E-state index is 13.8. The van der Waals surface area contributed by atoms with E-state index in [1.807, 2.05) is 11.8 Å². The van der Waals surface area contributed by atoms with Crippen LogP contribution in [0.15, 0.2) is 29.6 Å². The standard InChI is InChI=1S/C27H36N4O4S/c1-2-23(32)30-24(18-8-4-3-5-9-18)27(34)31-14-7-12-22(31)26-29-21(17-36-26)25(33)19-10-6-11-20(16-19)35-15-13-28/h6,10-11,16-18,22,24H,2-5,7-9,12-15,28H2,1H3,(H,30,32)/t22-,24+/m1/s1. The summed E-state index contributed by atoms with van der Waals surface area (Å²) < 4.78 is 5.55. The molecule has 0 bridgehead atoms. The number of ketones is 1. The number of ether oxygens (including phenoxy) is 1. The predicted octanol–water partition coefficient (Wildman–Crippen LogP) is 3.85. The highest BCUT2D eigenvalue weighted by Crippen LogP contribution is 2.36. The summed E-state index contributed by atoms with van der Waals surface area (Å²) in [4.78, 5) is 45.7. The average Bonchev–Trinajstić information content (AvgIpc) is 3.60. The molecular formula is C27H36N4O4S. The fourth-order valence-corrected chi connectivity index (χ4v) is 6.13. The molecule has 2 aromatic rings. The third-order valence-electron chi connectivity index (χ3n) is 7.08. The van der Waals surface area contributed by atoms with Gasteiger partial charge in [-0.2, -0.15) is 0 Å². The number of hydrogen-bond acceptors (Lipinski definition) is 7. The molecule has 2 fully saturated rings. The number of likely N-dealkylation sites (tertiary alicyclic amines) is 1. The van der Waals surface area contributed by atoms with Gasteiger partial charge in [-0.3, -0.25) is 14.4 Å². The number of carbonyl (C=O) groups excluding carboxylic acids is 3. The molecule has 1 aromatic heterocycles. The third-order valence-corrected chi connectivity index (χ3v) is 8.03. The van der Waals surface area contributed by atoms with E-state index >= 15 is 0 Å². The Morgan fingerprint density at radius 3 is 2.75 bits per heavy atom. The number of nitrogens with one attached hydrogen (secondary N) is 1. The van der Waals surface area contributed by atoms with Gasteiger partial charge in [0.1, 0.15) is 29.1 Å². The zero-order chi connectivity index (χ0) is 25.5. The van der Waals surface area contributed by atoms with Crippen LogP contribution in [-0.4, -0.2) is 53.2 Å². The first-order valence-electron chi connectivity index (χ1n) is 13.0. The molecule has 0 radical (unpaired) electrons. The minimum atomic E-state index is -0.490. The lowest BCUT2D eigenvalue weighted by molar-refractivity contribution is -0.139. The fraction of sp³-hybridized carbons (Fsp3) is 0.556. The lowest BCUT2D eigenvalue weighted by atomic mass is 9.83. The zero-order valence-electron chi connectivity index (χ0n) is 20.9. The van der Waals surface area contributed by atoms with Gasteiger partial charge in [-0.05, 0) is 43.7 Å². The third kappa shape index (κ3) is 6.13. The summed E-state index contributed by atoms with van der Waals surface area (Å²) in [5, 5.41) is 5.56. The van der Waals surface area contributed by atoms with Gasteiger partial charge in [0.2, 0.25) is 17.6 Å². The molecule has 194 valence electrons. The van der Waals surface area contributed by atoms with Crippen LogP contribution in [0.25, 0.3) is 0 Å². The highest BCUT2D eigenvalue weighted by atomic mass is 32.1. The normalized spacial score (nSPS) is 19.2. The van der Waals surface area contributed by atoms with Crippen LogP contribution in [-0.2, 0) is 9.59 Å². The second-order valence-corrected chi connectivity index (χ2v) is 10.4. The molecular weight excluding hydrogens is 476 g/mol. The summed E-state index contributed by atoms with van der Waals surface area (Å²) in [6.07, 6.45) is 7.32. The number of nitrogens with two attached hydrogens (primary N) is 1. The quantitative estimate of drug-likeness (QED) is 0.468. The first kappa shape index (κ1) is 26.3. The van der Waals surface area contributed by atoms with Crippen LogP contribution in [0.2, 0.25) is 0 Å². The number of carbonyl (C=O) groups is 3. The smallest absolute Gasteiger partial charge is 0.246 e. The van der Waals surface area contributed by atoms with E-state index in [1.54, 1.807) is 29.6 Å². The summed E-state index contributed by atoms with van der Waals surface area (Å²) in [6, 6.07) is 6.35. The summed E-state index contributed by atoms with van der Waals surface area (Å²) in [7, 11) is 0. The highest BCUT2D eigenvalue weighted by molar-refractivity contribution is 7.10. The molecule has 2 aliphatic rings. The molecule has 3 N–H and O–H groups in total. The van der Waals surface area contributed by atoms with Crippen molar-refractivity contribution in [2.45, 2.75) is 70.4 Å². The predicted molar refractivity (Wildman–Crippen MR) is 139 cm³/mol. The van der Waals surface area contributed by atoms with Crippen LogP contribution in [0, 0.1) is 5.92 Å². The summed E-state index contributed by atoms with van der Waals surface area (Å²) in [5.74, 6) is 0.484. The second kappa shape index (κ2) is 12.5.